The largest absolute Gasteiger partial charge is 0.391 e. The lowest BCUT2D eigenvalue weighted by Crippen LogP contribution is -2.71. The number of aliphatic hydroxyl groups is 5. The van der Waals surface area contributed by atoms with E-state index in [1.165, 1.54) is 0 Å². The van der Waals surface area contributed by atoms with Gasteiger partial charge in [0.2, 0.25) is 5.79 Å². The van der Waals surface area contributed by atoms with E-state index >= 15 is 0 Å². The minimum Gasteiger partial charge on any atom is -0.391 e. The maximum absolute atomic E-state index is 13.3. The lowest BCUT2D eigenvalue weighted by molar-refractivity contribution is -0.222. The van der Waals surface area contributed by atoms with Gasteiger partial charge in [-0.2, -0.15) is 0 Å². The number of nitrogens with one attached hydrogen (secondary N) is 1. The molecule has 1 unspecified atom stereocenters. The number of halogens is 1. The summed E-state index contributed by atoms with van der Waals surface area (Å²) in [7, 11) is 0. The molecule has 6 nitrogen and oxygen atoms in total. The first-order chi connectivity index (χ1) is 5.92. The molecule has 1 saturated heterocycles. The molecule has 1 aliphatic heterocycles. The van der Waals surface area contributed by atoms with E-state index in [-0.39, 0.29) is 0 Å². The van der Waals surface area contributed by atoms with Gasteiger partial charge >= 0.3 is 0 Å². The Kier molecular flexibility index (Phi) is 2.85. The van der Waals surface area contributed by atoms with Gasteiger partial charge in [0.05, 0.1) is 6.61 Å². The number of hydrogen-bond acceptors (Lipinski definition) is 6. The molecular formula is C6H12FNO5. The Balaban J connectivity index is 2.82. The van der Waals surface area contributed by atoms with Crippen molar-refractivity contribution in [3.05, 3.63) is 0 Å². The van der Waals surface area contributed by atoms with Crippen molar-refractivity contribution in [1.29, 1.82) is 0 Å². The predicted octanol–water partition coefficient (Wildman–Crippen LogP) is -3.35. The molecule has 0 aromatic heterocycles. The molecule has 1 heterocycles. The van der Waals surface area contributed by atoms with E-state index in [9.17, 15) is 4.39 Å². The van der Waals surface area contributed by atoms with Gasteiger partial charge in [-0.05, 0) is 0 Å². The van der Waals surface area contributed by atoms with Crippen LogP contribution in [-0.2, 0) is 0 Å². The highest BCUT2D eigenvalue weighted by molar-refractivity contribution is 4.99. The lowest BCUT2D eigenvalue weighted by Gasteiger charge is -2.42. The van der Waals surface area contributed by atoms with Crippen molar-refractivity contribution in [1.82, 2.24) is 5.32 Å². The van der Waals surface area contributed by atoms with Crippen molar-refractivity contribution < 1.29 is 29.9 Å². The highest BCUT2D eigenvalue weighted by Crippen LogP contribution is 2.24. The molecular weight excluding hydrogens is 185 g/mol. The molecule has 0 radical (unpaired) electrons. The van der Waals surface area contributed by atoms with Crippen LogP contribution in [0, 0.1) is 0 Å². The molecule has 1 aliphatic rings. The van der Waals surface area contributed by atoms with Crippen molar-refractivity contribution in [3.8, 4) is 0 Å². The Morgan fingerprint density at radius 2 is 1.69 bits per heavy atom. The predicted molar refractivity (Wildman–Crippen MR) is 38.1 cm³/mol. The maximum atomic E-state index is 13.3. The van der Waals surface area contributed by atoms with Crippen molar-refractivity contribution >= 4 is 0 Å². The zero-order valence-corrected chi connectivity index (χ0v) is 6.63. The van der Waals surface area contributed by atoms with Crippen molar-refractivity contribution in [2.45, 2.75) is 30.3 Å². The molecule has 0 aliphatic carbocycles. The van der Waals surface area contributed by atoms with E-state index in [0.29, 0.717) is 0 Å². The quantitative estimate of drug-likeness (QED) is 0.245. The summed E-state index contributed by atoms with van der Waals surface area (Å²) in [5.41, 5.74) is 0. The fraction of sp³-hybridized carbons (Fsp3) is 1.00. The highest BCUT2D eigenvalue weighted by Gasteiger charge is 2.52. The molecule has 0 amide bonds. The molecule has 13 heavy (non-hydrogen) atoms. The first-order valence-corrected chi connectivity index (χ1v) is 3.72. The smallest absolute Gasteiger partial charge is 0.215 e. The minimum atomic E-state index is -2.70. The van der Waals surface area contributed by atoms with Crippen LogP contribution >= 0.6 is 0 Å². The van der Waals surface area contributed by atoms with E-state index in [4.69, 9.17) is 25.5 Å². The number of hydrogen-bond donors (Lipinski definition) is 6. The monoisotopic (exact) mass is 197 g/mol. The van der Waals surface area contributed by atoms with Gasteiger partial charge in [0, 0.05) is 0 Å². The molecule has 0 saturated carbocycles. The molecule has 1 rings (SSSR count). The lowest BCUT2D eigenvalue weighted by atomic mass is 9.93. The minimum absolute atomic E-state index is 1.12. The summed E-state index contributed by atoms with van der Waals surface area (Å²) < 4.78 is 13.3. The van der Waals surface area contributed by atoms with Gasteiger partial charge in [0.1, 0.15) is 24.5 Å². The van der Waals surface area contributed by atoms with Crippen LogP contribution in [0.4, 0.5) is 4.39 Å². The van der Waals surface area contributed by atoms with Gasteiger partial charge < -0.3 is 25.5 Å². The fourth-order valence-corrected chi connectivity index (χ4v) is 1.20. The molecule has 0 aromatic carbocycles. The van der Waals surface area contributed by atoms with Crippen LogP contribution in [0.1, 0.15) is 0 Å². The van der Waals surface area contributed by atoms with Gasteiger partial charge in [-0.25, -0.2) is 4.39 Å². The standard InChI is InChI=1S/C6H12FNO5/c7-6(1-9)4(12)2(10)3(11)5(13)8-6/h2-5,8-13H,1H2/t2-,3-,4+,5?,6-/m1/s1. The van der Waals surface area contributed by atoms with Crippen LogP contribution in [0.3, 0.4) is 0 Å². The van der Waals surface area contributed by atoms with Crippen LogP contribution in [-0.4, -0.2) is 62.5 Å². The average Bonchev–Trinajstić information content (AvgIpc) is 2.12. The normalized spacial score (nSPS) is 52.2. The number of rotatable bonds is 1. The summed E-state index contributed by atoms with van der Waals surface area (Å²) in [4.78, 5) is 0. The van der Waals surface area contributed by atoms with Crippen LogP contribution in [0.5, 0.6) is 0 Å². The summed E-state index contributed by atoms with van der Waals surface area (Å²) >= 11 is 0. The second-order valence-electron chi connectivity index (χ2n) is 3.04. The second-order valence-corrected chi connectivity index (χ2v) is 3.04. The fourth-order valence-electron chi connectivity index (χ4n) is 1.20. The van der Waals surface area contributed by atoms with Crippen LogP contribution in [0.2, 0.25) is 0 Å². The maximum Gasteiger partial charge on any atom is 0.215 e. The summed E-state index contributed by atoms with van der Waals surface area (Å²) in [5, 5.41) is 46.3. The highest BCUT2D eigenvalue weighted by atomic mass is 19.1. The first kappa shape index (κ1) is 10.8. The topological polar surface area (TPSA) is 113 Å². The Labute approximate surface area is 73.2 Å². The molecule has 0 aromatic rings. The molecule has 1 fully saturated rings. The Bertz CT molecular complexity index is 194. The van der Waals surface area contributed by atoms with Gasteiger partial charge in [-0.15, -0.1) is 0 Å². The summed E-state index contributed by atoms with van der Waals surface area (Å²) in [6, 6.07) is 0. The molecule has 0 spiro atoms. The molecule has 78 valence electrons. The van der Waals surface area contributed by atoms with E-state index in [1.807, 2.05) is 0 Å². The Morgan fingerprint density at radius 1 is 1.15 bits per heavy atom. The summed E-state index contributed by atoms with van der Waals surface area (Å²) in [6.07, 6.45) is -7.25. The van der Waals surface area contributed by atoms with Crippen LogP contribution < -0.4 is 5.32 Å². The van der Waals surface area contributed by atoms with Crippen molar-refractivity contribution in [2.75, 3.05) is 6.61 Å². The van der Waals surface area contributed by atoms with E-state index in [1.54, 1.807) is 5.32 Å². The van der Waals surface area contributed by atoms with Crippen molar-refractivity contribution in [3.63, 3.8) is 0 Å². The molecule has 5 atom stereocenters. The van der Waals surface area contributed by atoms with Crippen LogP contribution in [0.25, 0.3) is 0 Å². The third-order valence-electron chi connectivity index (χ3n) is 2.08. The third-order valence-corrected chi connectivity index (χ3v) is 2.08. The number of piperidine rings is 1. The average molecular weight is 197 g/mol. The van der Waals surface area contributed by atoms with Gasteiger partial charge in [-0.1, -0.05) is 0 Å². The van der Waals surface area contributed by atoms with E-state index in [2.05, 4.69) is 0 Å². The van der Waals surface area contributed by atoms with Crippen molar-refractivity contribution in [2.24, 2.45) is 0 Å². The van der Waals surface area contributed by atoms with Gasteiger partial charge in [-0.3, -0.25) is 5.32 Å². The molecule has 6 N–H and O–H groups in total. The molecule has 7 heteroatoms. The number of alkyl halides is 1. The Hall–Kier alpha value is -0.310. The van der Waals surface area contributed by atoms with E-state index < -0.39 is 36.9 Å². The summed E-state index contributed by atoms with van der Waals surface area (Å²) in [5.74, 6) is -2.70. The zero-order chi connectivity index (χ0) is 10.2. The number of aliphatic hydroxyl groups excluding tert-OH is 5. The van der Waals surface area contributed by atoms with E-state index in [0.717, 1.165) is 0 Å². The second kappa shape index (κ2) is 3.45. The van der Waals surface area contributed by atoms with Crippen LogP contribution in [0.15, 0.2) is 0 Å². The summed E-state index contributed by atoms with van der Waals surface area (Å²) in [6.45, 7) is -1.12. The Morgan fingerprint density at radius 3 is 2.15 bits per heavy atom. The van der Waals surface area contributed by atoms with Gasteiger partial charge in [0.15, 0.2) is 0 Å². The third kappa shape index (κ3) is 1.66. The first-order valence-electron chi connectivity index (χ1n) is 3.72. The molecule has 0 bridgehead atoms. The van der Waals surface area contributed by atoms with Gasteiger partial charge in [0.25, 0.3) is 0 Å². The SMILES string of the molecule is OC[C@@]1(F)NC(O)[C@H](O)[C@@H](O)[C@@H]1O. The zero-order valence-electron chi connectivity index (χ0n) is 6.63.